The van der Waals surface area contributed by atoms with Crippen LogP contribution in [0.2, 0.25) is 0 Å². The first kappa shape index (κ1) is 39.4. The number of aliphatic hydroxyl groups is 6. The van der Waals surface area contributed by atoms with Crippen molar-refractivity contribution in [3.63, 3.8) is 0 Å². The Balaban J connectivity index is 1.37. The van der Waals surface area contributed by atoms with Gasteiger partial charge in [0.15, 0.2) is 29.1 Å². The highest BCUT2D eigenvalue weighted by atomic mass is 16.7. The molecule has 20 nitrogen and oxygen atoms in total. The Labute approximate surface area is 309 Å². The van der Waals surface area contributed by atoms with Crippen LogP contribution in [0.3, 0.4) is 0 Å². The third kappa shape index (κ3) is 7.54. The van der Waals surface area contributed by atoms with Crippen molar-refractivity contribution < 1.29 is 84.0 Å². The molecule has 0 bridgehead atoms. The molecule has 1 aromatic heterocycles. The van der Waals surface area contributed by atoms with E-state index in [4.69, 9.17) is 29.1 Å². The van der Waals surface area contributed by atoms with E-state index < -0.39 is 102 Å². The van der Waals surface area contributed by atoms with E-state index in [9.17, 15) is 65.4 Å². The van der Waals surface area contributed by atoms with Crippen LogP contribution in [0.15, 0.2) is 63.0 Å². The molecule has 296 valence electrons. The fraction of sp³-hybridized carbons (Fsp3) is 0.400. The van der Waals surface area contributed by atoms with Gasteiger partial charge in [-0.2, -0.15) is 0 Å². The third-order valence-corrected chi connectivity index (χ3v) is 9.42. The van der Waals surface area contributed by atoms with E-state index in [1.54, 1.807) is 12.3 Å². The number of carbonyl (C=O) groups is 2. The summed E-state index contributed by atoms with van der Waals surface area (Å²) in [5.41, 5.74) is 6.48. The number of aromatic hydroxyl groups is 3. The second kappa shape index (κ2) is 15.5. The fourth-order valence-corrected chi connectivity index (χ4v) is 6.31. The van der Waals surface area contributed by atoms with E-state index in [1.165, 1.54) is 6.07 Å². The van der Waals surface area contributed by atoms with Gasteiger partial charge in [-0.15, -0.1) is 0 Å². The number of carboxylic acids is 1. The van der Waals surface area contributed by atoms with Gasteiger partial charge in [0.05, 0.1) is 6.17 Å². The number of fused-ring (bicyclic) bond motifs is 1. The number of hydrogen-bond acceptors (Lipinski definition) is 19. The van der Waals surface area contributed by atoms with E-state index in [1.807, 2.05) is 6.92 Å². The molecule has 13 N–H and O–H groups in total. The molecule has 11 unspecified atom stereocenters. The summed E-state index contributed by atoms with van der Waals surface area (Å²) in [7, 11) is 0. The molecule has 4 heterocycles. The highest BCUT2D eigenvalue weighted by Crippen LogP contribution is 2.40. The lowest BCUT2D eigenvalue weighted by Gasteiger charge is -2.41. The van der Waals surface area contributed by atoms with Gasteiger partial charge in [-0.05, 0) is 35.8 Å². The second-order valence-corrected chi connectivity index (χ2v) is 13.1. The minimum atomic E-state index is -2.22. The number of ether oxygens (including phenoxy) is 4. The Morgan fingerprint density at radius 1 is 0.855 bits per heavy atom. The first-order valence-electron chi connectivity index (χ1n) is 16.8. The Kier molecular flexibility index (Phi) is 11.1. The van der Waals surface area contributed by atoms with E-state index in [0.717, 1.165) is 29.8 Å². The van der Waals surface area contributed by atoms with Crippen molar-refractivity contribution in [2.45, 2.75) is 87.3 Å². The van der Waals surface area contributed by atoms with Crippen molar-refractivity contribution in [3.05, 3.63) is 69.5 Å². The number of nitrogens with two attached hydrogens (primary N) is 1. The zero-order valence-electron chi connectivity index (χ0n) is 28.6. The molecule has 3 aliphatic rings. The Bertz CT molecular complexity index is 2100. The number of esters is 1. The Hall–Kier alpha value is -5.29. The zero-order chi connectivity index (χ0) is 40.0. The smallest absolute Gasteiger partial charge is 0.340 e. The summed E-state index contributed by atoms with van der Waals surface area (Å²) in [6.45, 7) is 1.87. The maximum atomic E-state index is 13.5. The van der Waals surface area contributed by atoms with Gasteiger partial charge >= 0.3 is 11.9 Å². The lowest BCUT2D eigenvalue weighted by Crippen LogP contribution is -2.63. The van der Waals surface area contributed by atoms with Crippen LogP contribution in [0.5, 0.6) is 23.0 Å². The average molecular weight is 775 g/mol. The van der Waals surface area contributed by atoms with Gasteiger partial charge in [0.25, 0.3) is 0 Å². The number of aliphatic hydroxyl groups excluding tert-OH is 6. The standard InChI is InChI=1S/C35H38N2O18/c1-2-12-5-11(10-37-31(12)36)6-14-19(9-20-21(22(14)41)17(40)8-18(51-20)13-3-4-15(38)16(39)7-13)52-34-27(46)24(43)26(45)30(54-34)33(50)55-35-28(47)23(42)25(44)29(53-35)32(48)49/h3-5,7-10,23-31,34-35,37-39,41-47H,2,6,36H2,1H3,(H,48,49). The molecule has 0 spiro atoms. The summed E-state index contributed by atoms with van der Waals surface area (Å²) in [6.07, 6.45) is -18.4. The van der Waals surface area contributed by atoms with Crippen LogP contribution < -0.4 is 21.2 Å². The van der Waals surface area contributed by atoms with Crippen LogP contribution in [0, 0.1) is 0 Å². The molecule has 3 aromatic rings. The molecular formula is C35H38N2O18. The van der Waals surface area contributed by atoms with Gasteiger partial charge in [-0.1, -0.05) is 13.0 Å². The topological polar surface area (TPSA) is 342 Å². The molecule has 2 aromatic carbocycles. The maximum absolute atomic E-state index is 13.5. The van der Waals surface area contributed by atoms with Crippen molar-refractivity contribution in [1.29, 1.82) is 0 Å². The lowest BCUT2D eigenvalue weighted by atomic mass is 9.96. The number of phenolic OH excluding ortho intramolecular Hbond substituents is 3. The summed E-state index contributed by atoms with van der Waals surface area (Å²) in [5.74, 6) is -5.40. The van der Waals surface area contributed by atoms with Crippen LogP contribution in [0.4, 0.5) is 0 Å². The van der Waals surface area contributed by atoms with Crippen molar-refractivity contribution in [2.24, 2.45) is 5.73 Å². The number of rotatable bonds is 9. The predicted octanol–water partition coefficient (Wildman–Crippen LogP) is -2.15. The average Bonchev–Trinajstić information content (AvgIpc) is 3.14. The monoisotopic (exact) mass is 774 g/mol. The van der Waals surface area contributed by atoms with Gasteiger partial charge in [-0.25, -0.2) is 9.59 Å². The molecule has 0 amide bonds. The first-order chi connectivity index (χ1) is 26.0. The summed E-state index contributed by atoms with van der Waals surface area (Å²) >= 11 is 0. The van der Waals surface area contributed by atoms with Crippen molar-refractivity contribution in [1.82, 2.24) is 5.32 Å². The molecule has 2 fully saturated rings. The lowest BCUT2D eigenvalue weighted by molar-refractivity contribution is -0.302. The molecule has 20 heteroatoms. The Morgan fingerprint density at radius 2 is 1.51 bits per heavy atom. The van der Waals surface area contributed by atoms with E-state index in [-0.39, 0.29) is 40.0 Å². The molecule has 55 heavy (non-hydrogen) atoms. The van der Waals surface area contributed by atoms with E-state index in [2.05, 4.69) is 5.32 Å². The summed E-state index contributed by atoms with van der Waals surface area (Å²) in [5, 5.41) is 106. The molecule has 0 saturated carbocycles. The number of carboxylic acid groups (broad SMARTS) is 1. The first-order valence-corrected chi connectivity index (χ1v) is 16.8. The number of carbonyl (C=O) groups excluding carboxylic acids is 1. The fourth-order valence-electron chi connectivity index (χ4n) is 6.31. The van der Waals surface area contributed by atoms with Gasteiger partial charge < -0.3 is 85.5 Å². The van der Waals surface area contributed by atoms with Gasteiger partial charge in [-0.3, -0.25) is 4.79 Å². The highest BCUT2D eigenvalue weighted by Gasteiger charge is 2.52. The van der Waals surface area contributed by atoms with Crippen LogP contribution in [-0.2, 0) is 30.2 Å². The molecular weight excluding hydrogens is 736 g/mol. The van der Waals surface area contributed by atoms with Crippen LogP contribution >= 0.6 is 0 Å². The van der Waals surface area contributed by atoms with Gasteiger partial charge in [0.2, 0.25) is 12.6 Å². The number of aliphatic carboxylic acids is 1. The van der Waals surface area contributed by atoms with Crippen molar-refractivity contribution in [3.8, 4) is 34.3 Å². The predicted molar refractivity (Wildman–Crippen MR) is 182 cm³/mol. The van der Waals surface area contributed by atoms with Crippen LogP contribution in [0.1, 0.15) is 18.9 Å². The quantitative estimate of drug-likeness (QED) is 0.0814. The molecule has 0 aliphatic carbocycles. The maximum Gasteiger partial charge on any atom is 0.340 e. The number of phenols is 3. The number of nitrogens with one attached hydrogen (secondary N) is 1. The third-order valence-electron chi connectivity index (χ3n) is 9.42. The zero-order valence-corrected chi connectivity index (χ0v) is 28.6. The Morgan fingerprint density at radius 3 is 2.16 bits per heavy atom. The summed E-state index contributed by atoms with van der Waals surface area (Å²) in [6, 6.07) is 5.81. The minimum absolute atomic E-state index is 0.0772. The van der Waals surface area contributed by atoms with E-state index >= 15 is 0 Å². The largest absolute Gasteiger partial charge is 0.507 e. The second-order valence-electron chi connectivity index (χ2n) is 13.1. The highest BCUT2D eigenvalue weighted by molar-refractivity contribution is 5.88. The van der Waals surface area contributed by atoms with Crippen molar-refractivity contribution >= 4 is 22.9 Å². The normalized spacial score (nSPS) is 30.9. The molecule has 2 saturated heterocycles. The van der Waals surface area contributed by atoms with Crippen molar-refractivity contribution in [2.75, 3.05) is 0 Å². The number of allylic oxidation sites excluding steroid dienone is 2. The minimum Gasteiger partial charge on any atom is -0.507 e. The molecule has 3 aliphatic heterocycles. The SMILES string of the molecule is CCC1=CC(Cc2c(OC3OC(C(=O)OC4OC(C(=O)O)C(O)C(O)C4O)C(O)C(O)C3O)cc3oc(-c4ccc(O)c(O)c4)cc(=O)c3c2O)=CNC1N. The molecule has 11 atom stereocenters. The summed E-state index contributed by atoms with van der Waals surface area (Å²) < 4.78 is 27.3. The van der Waals surface area contributed by atoms with Gasteiger partial charge in [0.1, 0.15) is 64.9 Å². The van der Waals surface area contributed by atoms with E-state index in [0.29, 0.717) is 12.0 Å². The van der Waals surface area contributed by atoms with Crippen LogP contribution in [0.25, 0.3) is 22.3 Å². The number of hydrogen-bond donors (Lipinski definition) is 12. The van der Waals surface area contributed by atoms with Gasteiger partial charge in [0, 0.05) is 35.9 Å². The molecule has 0 radical (unpaired) electrons. The molecule has 6 rings (SSSR count). The summed E-state index contributed by atoms with van der Waals surface area (Å²) in [4.78, 5) is 38.2. The number of benzene rings is 2. The number of dihydropyridines is 1. The van der Waals surface area contributed by atoms with Crippen LogP contribution in [-0.4, -0.2) is 131 Å².